The molecule has 1 amide bonds. The van der Waals surface area contributed by atoms with Crippen LogP contribution >= 0.6 is 23.2 Å². The molecule has 4 aromatic carbocycles. The first-order chi connectivity index (χ1) is 23.5. The van der Waals surface area contributed by atoms with Crippen LogP contribution in [0.4, 0.5) is 5.69 Å². The Bertz CT molecular complexity index is 2280. The number of rotatable bonds is 8. The van der Waals surface area contributed by atoms with Gasteiger partial charge in [-0.2, -0.15) is 8.42 Å². The molecule has 0 bridgehead atoms. The van der Waals surface area contributed by atoms with E-state index in [9.17, 15) is 21.6 Å². The number of hydrogen-bond acceptors (Lipinski definition) is 6. The van der Waals surface area contributed by atoms with Gasteiger partial charge >= 0.3 is 10.2 Å². The SMILES string of the molecule is O=C1CN(c2cccc(-n3cc(-c4ccc(Cl)cc4Cl)nc3Cc3ccc(-c4cccc(S(=O)(=O)C5CCCCC5)c4)cc3)c2)S(=O)(=O)N1. The van der Waals surface area contributed by atoms with Crippen LogP contribution in [0.15, 0.2) is 102 Å². The van der Waals surface area contributed by atoms with Crippen LogP contribution in [-0.2, 0) is 31.3 Å². The fraction of sp³-hybridized carbons (Fsp3) is 0.222. The van der Waals surface area contributed by atoms with Crippen molar-refractivity contribution in [1.82, 2.24) is 14.3 Å². The van der Waals surface area contributed by atoms with E-state index in [-0.39, 0.29) is 11.8 Å². The topological polar surface area (TPSA) is 118 Å². The van der Waals surface area contributed by atoms with E-state index in [1.807, 2.05) is 51.9 Å². The van der Waals surface area contributed by atoms with Crippen LogP contribution in [0.1, 0.15) is 43.5 Å². The van der Waals surface area contributed by atoms with Gasteiger partial charge in [0.2, 0.25) is 0 Å². The fourth-order valence-corrected chi connectivity index (χ4v) is 10.0. The number of halogens is 2. The Morgan fingerprint density at radius 1 is 0.837 bits per heavy atom. The average molecular weight is 736 g/mol. The second kappa shape index (κ2) is 13.3. The van der Waals surface area contributed by atoms with Crippen LogP contribution < -0.4 is 9.03 Å². The Balaban J connectivity index is 1.21. The highest BCUT2D eigenvalue weighted by Crippen LogP contribution is 2.34. The summed E-state index contributed by atoms with van der Waals surface area (Å²) in [6, 6.07) is 27.1. The summed E-state index contributed by atoms with van der Waals surface area (Å²) in [7, 11) is -7.39. The number of carbonyl (C=O) groups is 1. The molecule has 49 heavy (non-hydrogen) atoms. The Hall–Kier alpha value is -4.16. The number of amides is 1. The molecule has 1 saturated heterocycles. The normalized spacial score (nSPS) is 16.5. The largest absolute Gasteiger partial charge is 0.326 e. The third-order valence-electron chi connectivity index (χ3n) is 9.01. The van der Waals surface area contributed by atoms with E-state index >= 15 is 0 Å². The van der Waals surface area contributed by atoms with E-state index < -0.39 is 26.0 Å². The first-order valence-electron chi connectivity index (χ1n) is 15.9. The summed E-state index contributed by atoms with van der Waals surface area (Å²) in [5.74, 6) is 0.0550. The lowest BCUT2D eigenvalue weighted by Gasteiger charge is -2.22. The van der Waals surface area contributed by atoms with Gasteiger partial charge in [0.25, 0.3) is 5.91 Å². The second-order valence-corrected chi connectivity index (χ2v) is 17.0. The Morgan fingerprint density at radius 3 is 2.29 bits per heavy atom. The van der Waals surface area contributed by atoms with Crippen molar-refractivity contribution >= 4 is 54.8 Å². The molecule has 7 rings (SSSR count). The number of nitrogens with one attached hydrogen (secondary N) is 1. The molecule has 0 spiro atoms. The summed E-state index contributed by atoms with van der Waals surface area (Å²) in [6.07, 6.45) is 6.64. The molecule has 2 heterocycles. The molecule has 0 atom stereocenters. The second-order valence-electron chi connectivity index (χ2n) is 12.3. The molecule has 2 aliphatic rings. The van der Waals surface area contributed by atoms with Crippen LogP contribution in [0.2, 0.25) is 10.0 Å². The monoisotopic (exact) mass is 734 g/mol. The van der Waals surface area contributed by atoms with Gasteiger partial charge in [-0.1, -0.05) is 84.9 Å². The number of benzene rings is 4. The molecular weight excluding hydrogens is 703 g/mol. The average Bonchev–Trinajstić information content (AvgIpc) is 3.63. The molecule has 1 N–H and O–H groups in total. The summed E-state index contributed by atoms with van der Waals surface area (Å²) >= 11 is 12.7. The zero-order valence-corrected chi connectivity index (χ0v) is 29.4. The lowest BCUT2D eigenvalue weighted by atomic mass is 10.0. The van der Waals surface area contributed by atoms with Crippen LogP contribution in [-0.4, -0.2) is 44.1 Å². The molecule has 1 aliphatic carbocycles. The third kappa shape index (κ3) is 6.85. The summed E-state index contributed by atoms with van der Waals surface area (Å²) in [6.45, 7) is -0.310. The van der Waals surface area contributed by atoms with Gasteiger partial charge in [0.15, 0.2) is 9.84 Å². The van der Waals surface area contributed by atoms with Gasteiger partial charge in [0.05, 0.1) is 26.5 Å². The van der Waals surface area contributed by atoms with Crippen molar-refractivity contribution in [3.63, 3.8) is 0 Å². The highest BCUT2D eigenvalue weighted by molar-refractivity contribution is 7.92. The van der Waals surface area contributed by atoms with Crippen molar-refractivity contribution in [2.24, 2.45) is 0 Å². The minimum Gasteiger partial charge on any atom is -0.303 e. The Labute approximate surface area is 295 Å². The maximum absolute atomic E-state index is 13.4. The molecule has 252 valence electrons. The summed E-state index contributed by atoms with van der Waals surface area (Å²) in [5, 5.41) is 0.602. The Kier molecular flexibility index (Phi) is 9.04. The van der Waals surface area contributed by atoms with Crippen LogP contribution in [0.3, 0.4) is 0 Å². The maximum Gasteiger partial charge on any atom is 0.326 e. The molecule has 13 heteroatoms. The van der Waals surface area contributed by atoms with Gasteiger partial charge in [-0.15, -0.1) is 0 Å². The van der Waals surface area contributed by atoms with E-state index in [1.165, 1.54) is 0 Å². The van der Waals surface area contributed by atoms with Crippen molar-refractivity contribution in [3.8, 4) is 28.1 Å². The Morgan fingerprint density at radius 2 is 1.57 bits per heavy atom. The zero-order chi connectivity index (χ0) is 34.3. The molecule has 1 aliphatic heterocycles. The number of anilines is 1. The van der Waals surface area contributed by atoms with E-state index in [0.29, 0.717) is 62.7 Å². The van der Waals surface area contributed by atoms with E-state index in [2.05, 4.69) is 0 Å². The lowest BCUT2D eigenvalue weighted by Crippen LogP contribution is -2.29. The first-order valence-corrected chi connectivity index (χ1v) is 19.6. The standard InChI is InChI=1S/C36H32Cl2N4O5S2/c37-27-16-17-32(33(38)20-27)34-22-41(28-7-5-8-29(21-28)42-23-36(43)40-49(42,46)47)35(39-34)18-24-12-14-25(15-13-24)26-6-4-11-31(19-26)48(44,45)30-9-2-1-3-10-30/h4-8,11-17,19-22,30H,1-3,9-10,18,23H2,(H,40,43). The number of nitrogens with zero attached hydrogens (tertiary/aromatic N) is 3. The van der Waals surface area contributed by atoms with E-state index in [0.717, 1.165) is 40.3 Å². The molecule has 1 aromatic heterocycles. The highest BCUT2D eigenvalue weighted by atomic mass is 35.5. The highest BCUT2D eigenvalue weighted by Gasteiger charge is 2.34. The van der Waals surface area contributed by atoms with Crippen molar-refractivity contribution in [2.45, 2.75) is 48.7 Å². The van der Waals surface area contributed by atoms with Crippen molar-refractivity contribution < 1.29 is 21.6 Å². The van der Waals surface area contributed by atoms with Gasteiger partial charge in [-0.05, 0) is 78.1 Å². The smallest absolute Gasteiger partial charge is 0.303 e. The van der Waals surface area contributed by atoms with Crippen LogP contribution in [0.5, 0.6) is 0 Å². The van der Waals surface area contributed by atoms with Gasteiger partial charge in [0.1, 0.15) is 12.4 Å². The molecule has 9 nitrogen and oxygen atoms in total. The molecule has 0 unspecified atom stereocenters. The molecular formula is C36H32Cl2N4O5S2. The van der Waals surface area contributed by atoms with Crippen LogP contribution in [0.25, 0.3) is 28.1 Å². The number of aromatic nitrogens is 2. The number of carbonyl (C=O) groups excluding carboxylic acids is 1. The van der Waals surface area contributed by atoms with Crippen molar-refractivity contribution in [2.75, 3.05) is 10.8 Å². The minimum absolute atomic E-state index is 0.310. The van der Waals surface area contributed by atoms with E-state index in [1.54, 1.807) is 54.6 Å². The third-order valence-corrected chi connectivity index (χ3v) is 13.2. The van der Waals surface area contributed by atoms with Gasteiger partial charge < -0.3 is 4.57 Å². The quantitative estimate of drug-likeness (QED) is 0.178. The van der Waals surface area contributed by atoms with Gasteiger partial charge in [0, 0.05) is 28.9 Å². The fourth-order valence-electron chi connectivity index (χ4n) is 6.49. The number of imidazole rings is 1. The van der Waals surface area contributed by atoms with Gasteiger partial charge in [-0.3, -0.25) is 4.79 Å². The van der Waals surface area contributed by atoms with Crippen molar-refractivity contribution in [3.05, 3.63) is 119 Å². The van der Waals surface area contributed by atoms with Crippen molar-refractivity contribution in [1.29, 1.82) is 0 Å². The predicted molar refractivity (Wildman–Crippen MR) is 192 cm³/mol. The minimum atomic E-state index is -3.99. The number of sulfone groups is 1. The molecule has 1 saturated carbocycles. The maximum atomic E-state index is 13.4. The van der Waals surface area contributed by atoms with Gasteiger partial charge in [-0.25, -0.2) is 22.4 Å². The molecule has 5 aromatic rings. The van der Waals surface area contributed by atoms with E-state index in [4.69, 9.17) is 28.2 Å². The van der Waals surface area contributed by atoms with Crippen LogP contribution in [0, 0.1) is 0 Å². The zero-order valence-electron chi connectivity index (χ0n) is 26.2. The molecule has 2 fully saturated rings. The summed E-state index contributed by atoms with van der Waals surface area (Å²) in [5.41, 5.74) is 4.91. The summed E-state index contributed by atoms with van der Waals surface area (Å²) in [4.78, 5) is 17.2. The number of hydrogen-bond donors (Lipinski definition) is 1. The lowest BCUT2D eigenvalue weighted by molar-refractivity contribution is -0.117. The first kappa shape index (κ1) is 33.3. The predicted octanol–water partition coefficient (Wildman–Crippen LogP) is 7.39. The molecule has 0 radical (unpaired) electrons. The summed E-state index contributed by atoms with van der Waals surface area (Å²) < 4.78 is 56.8.